The Morgan fingerprint density at radius 3 is 2.71 bits per heavy atom. The number of nitrogens with one attached hydrogen (secondary N) is 1. The average Bonchev–Trinajstić information content (AvgIpc) is 3.14. The topological polar surface area (TPSA) is 52.7 Å². The van der Waals surface area contributed by atoms with Crippen molar-refractivity contribution in [3.8, 4) is 0 Å². The van der Waals surface area contributed by atoms with Gasteiger partial charge in [-0.05, 0) is 42.3 Å². The number of amides is 2. The highest BCUT2D eigenvalue weighted by atomic mass is 19.1. The van der Waals surface area contributed by atoms with Crippen molar-refractivity contribution in [1.82, 2.24) is 10.2 Å². The monoisotopic (exact) mass is 385 g/mol. The molecule has 0 aliphatic carbocycles. The maximum Gasteiger partial charge on any atom is 0.257 e. The summed E-state index contributed by atoms with van der Waals surface area (Å²) in [6, 6.07) is 9.92. The molecule has 28 heavy (non-hydrogen) atoms. The predicted octanol–water partition coefficient (Wildman–Crippen LogP) is 2.88. The summed E-state index contributed by atoms with van der Waals surface area (Å²) in [6.45, 7) is 1.98. The highest BCUT2D eigenvalue weighted by molar-refractivity contribution is 5.99. The summed E-state index contributed by atoms with van der Waals surface area (Å²) in [4.78, 5) is 28.4. The molecule has 2 amide bonds. The van der Waals surface area contributed by atoms with Crippen molar-refractivity contribution in [3.63, 3.8) is 0 Å². The third kappa shape index (κ3) is 3.49. The van der Waals surface area contributed by atoms with E-state index in [9.17, 15) is 18.4 Å². The summed E-state index contributed by atoms with van der Waals surface area (Å²) in [6.07, 6.45) is 1.21. The van der Waals surface area contributed by atoms with Gasteiger partial charge in [-0.3, -0.25) is 9.59 Å². The number of carbonyl (C=O) groups excluding carboxylic acids is 2. The summed E-state index contributed by atoms with van der Waals surface area (Å²) in [7, 11) is 0. The maximum atomic E-state index is 14.5. The van der Waals surface area contributed by atoms with Crippen LogP contribution in [0.3, 0.4) is 0 Å². The third-order valence-corrected chi connectivity index (χ3v) is 5.30. The van der Waals surface area contributed by atoms with Gasteiger partial charge in [-0.25, -0.2) is 8.78 Å². The van der Waals surface area contributed by atoms with E-state index in [4.69, 9.17) is 0 Å². The van der Waals surface area contributed by atoms with Crippen LogP contribution in [0.4, 0.5) is 14.5 Å². The van der Waals surface area contributed by atoms with E-state index in [1.165, 1.54) is 30.3 Å². The molecule has 0 aromatic heterocycles. The largest absolute Gasteiger partial charge is 0.329 e. The van der Waals surface area contributed by atoms with Gasteiger partial charge in [-0.2, -0.15) is 0 Å². The zero-order chi connectivity index (χ0) is 19.7. The number of halogens is 2. The van der Waals surface area contributed by atoms with Crippen molar-refractivity contribution >= 4 is 17.5 Å². The molecule has 2 aromatic carbocycles. The van der Waals surface area contributed by atoms with Crippen LogP contribution in [-0.4, -0.2) is 42.9 Å². The number of benzene rings is 2. The summed E-state index contributed by atoms with van der Waals surface area (Å²) >= 11 is 0. The summed E-state index contributed by atoms with van der Waals surface area (Å²) in [5, 5.41) is 3.20. The first-order valence-electron chi connectivity index (χ1n) is 9.41. The summed E-state index contributed by atoms with van der Waals surface area (Å²) in [5.74, 6) is -1.49. The van der Waals surface area contributed by atoms with E-state index in [0.29, 0.717) is 43.9 Å². The number of carbonyl (C=O) groups is 2. The van der Waals surface area contributed by atoms with Crippen molar-refractivity contribution in [2.45, 2.75) is 18.9 Å². The molecule has 2 fully saturated rings. The van der Waals surface area contributed by atoms with Crippen LogP contribution in [0.25, 0.3) is 0 Å². The Hall–Kier alpha value is -2.80. The first-order chi connectivity index (χ1) is 13.5. The molecule has 2 heterocycles. The fraction of sp³-hybridized carbons (Fsp3) is 0.333. The standard InChI is InChI=1S/C21H21F2N3O2/c22-15-4-1-3-14(11-15)19-13-24-8-10-26(19)21(28)17-12-16(6-7-18(17)23)25-9-2-5-20(25)27/h1,3-4,6-7,11-12,19,24H,2,5,8-10,13H2. The van der Waals surface area contributed by atoms with E-state index in [1.807, 2.05) is 0 Å². The van der Waals surface area contributed by atoms with Gasteiger partial charge < -0.3 is 15.1 Å². The van der Waals surface area contributed by atoms with E-state index < -0.39 is 17.8 Å². The Morgan fingerprint density at radius 2 is 1.96 bits per heavy atom. The molecule has 0 bridgehead atoms. The molecule has 2 saturated heterocycles. The molecule has 1 unspecified atom stereocenters. The van der Waals surface area contributed by atoms with Gasteiger partial charge in [0.25, 0.3) is 5.91 Å². The van der Waals surface area contributed by atoms with Gasteiger partial charge in [-0.1, -0.05) is 12.1 Å². The van der Waals surface area contributed by atoms with Gasteiger partial charge in [0.15, 0.2) is 0 Å². The van der Waals surface area contributed by atoms with Gasteiger partial charge in [-0.15, -0.1) is 0 Å². The predicted molar refractivity (Wildman–Crippen MR) is 101 cm³/mol. The van der Waals surface area contributed by atoms with Crippen LogP contribution < -0.4 is 10.2 Å². The Morgan fingerprint density at radius 1 is 1.11 bits per heavy atom. The molecule has 1 N–H and O–H groups in total. The van der Waals surface area contributed by atoms with Crippen LogP contribution in [0, 0.1) is 11.6 Å². The highest BCUT2D eigenvalue weighted by Crippen LogP contribution is 2.28. The van der Waals surface area contributed by atoms with E-state index >= 15 is 0 Å². The zero-order valence-electron chi connectivity index (χ0n) is 15.3. The molecule has 2 aliphatic heterocycles. The number of hydrogen-bond acceptors (Lipinski definition) is 3. The Bertz CT molecular complexity index is 918. The fourth-order valence-electron chi connectivity index (χ4n) is 3.88. The number of nitrogens with zero attached hydrogens (tertiary/aromatic N) is 2. The lowest BCUT2D eigenvalue weighted by Crippen LogP contribution is -2.49. The molecule has 1 atom stereocenters. The van der Waals surface area contributed by atoms with Crippen molar-refractivity contribution in [3.05, 3.63) is 65.2 Å². The molecule has 2 aromatic rings. The molecule has 2 aliphatic rings. The number of rotatable bonds is 3. The smallest absolute Gasteiger partial charge is 0.257 e. The molecule has 0 saturated carbocycles. The fourth-order valence-corrected chi connectivity index (χ4v) is 3.88. The minimum Gasteiger partial charge on any atom is -0.329 e. The maximum absolute atomic E-state index is 14.5. The number of hydrogen-bond donors (Lipinski definition) is 1. The highest BCUT2D eigenvalue weighted by Gasteiger charge is 2.31. The Kier molecular flexibility index (Phi) is 5.09. The normalized spacial score (nSPS) is 19.9. The lowest BCUT2D eigenvalue weighted by molar-refractivity contribution is -0.117. The molecular weight excluding hydrogens is 364 g/mol. The van der Waals surface area contributed by atoms with Crippen LogP contribution in [0.1, 0.15) is 34.8 Å². The van der Waals surface area contributed by atoms with Gasteiger partial charge >= 0.3 is 0 Å². The Balaban J connectivity index is 1.66. The molecule has 0 spiro atoms. The van der Waals surface area contributed by atoms with Gasteiger partial charge in [0.05, 0.1) is 11.6 Å². The van der Waals surface area contributed by atoms with Crippen LogP contribution >= 0.6 is 0 Å². The van der Waals surface area contributed by atoms with E-state index in [2.05, 4.69) is 5.32 Å². The van der Waals surface area contributed by atoms with Gasteiger partial charge in [0.2, 0.25) is 5.91 Å². The molecule has 0 radical (unpaired) electrons. The first kappa shape index (κ1) is 18.6. The molecule has 146 valence electrons. The van der Waals surface area contributed by atoms with Crippen molar-refractivity contribution in [2.75, 3.05) is 31.1 Å². The lowest BCUT2D eigenvalue weighted by Gasteiger charge is -2.36. The second kappa shape index (κ2) is 7.67. The lowest BCUT2D eigenvalue weighted by atomic mass is 10.0. The van der Waals surface area contributed by atoms with Crippen LogP contribution in [0.15, 0.2) is 42.5 Å². The molecular formula is C21H21F2N3O2. The molecule has 4 rings (SSSR count). The first-order valence-corrected chi connectivity index (χ1v) is 9.41. The zero-order valence-corrected chi connectivity index (χ0v) is 15.3. The SMILES string of the molecule is O=C1CCCN1c1ccc(F)c(C(=O)N2CCNCC2c2cccc(F)c2)c1. The molecule has 7 heteroatoms. The van der Waals surface area contributed by atoms with Crippen LogP contribution in [0.2, 0.25) is 0 Å². The van der Waals surface area contributed by atoms with Crippen molar-refractivity contribution < 1.29 is 18.4 Å². The summed E-state index contributed by atoms with van der Waals surface area (Å²) in [5.41, 5.74) is 1.12. The van der Waals surface area contributed by atoms with Gasteiger partial charge in [0.1, 0.15) is 11.6 Å². The third-order valence-electron chi connectivity index (χ3n) is 5.30. The van der Waals surface area contributed by atoms with E-state index in [-0.39, 0.29) is 17.3 Å². The van der Waals surface area contributed by atoms with E-state index in [0.717, 1.165) is 6.42 Å². The summed E-state index contributed by atoms with van der Waals surface area (Å²) < 4.78 is 28.2. The van der Waals surface area contributed by atoms with Crippen LogP contribution in [-0.2, 0) is 4.79 Å². The average molecular weight is 385 g/mol. The number of piperazine rings is 1. The quantitative estimate of drug-likeness (QED) is 0.884. The Labute approximate surface area is 161 Å². The second-order valence-corrected chi connectivity index (χ2v) is 7.09. The molecule has 5 nitrogen and oxygen atoms in total. The van der Waals surface area contributed by atoms with Gasteiger partial charge in [0, 0.05) is 38.3 Å². The second-order valence-electron chi connectivity index (χ2n) is 7.09. The minimum absolute atomic E-state index is 0.0233. The van der Waals surface area contributed by atoms with Crippen molar-refractivity contribution in [1.29, 1.82) is 0 Å². The van der Waals surface area contributed by atoms with E-state index in [1.54, 1.807) is 21.9 Å². The van der Waals surface area contributed by atoms with Crippen LogP contribution in [0.5, 0.6) is 0 Å². The van der Waals surface area contributed by atoms with Crippen molar-refractivity contribution in [2.24, 2.45) is 0 Å². The minimum atomic E-state index is -0.628. The number of anilines is 1.